The van der Waals surface area contributed by atoms with Crippen molar-refractivity contribution < 1.29 is 49.6 Å². The van der Waals surface area contributed by atoms with E-state index < -0.39 is 61.4 Å². The molecule has 0 radical (unpaired) electrons. The van der Waals surface area contributed by atoms with E-state index in [0.717, 1.165) is 38.5 Å². The smallest absolute Gasteiger partial charge is 0.187 e. The van der Waals surface area contributed by atoms with Crippen molar-refractivity contribution in [2.24, 2.45) is 52.3 Å². The lowest BCUT2D eigenvalue weighted by molar-refractivity contribution is -0.324. The van der Waals surface area contributed by atoms with Crippen molar-refractivity contribution >= 4 is 12.6 Å². The van der Waals surface area contributed by atoms with Gasteiger partial charge in [-0.1, -0.05) is 20.8 Å². The monoisotopic (exact) mass is 642 g/mol. The van der Waals surface area contributed by atoms with E-state index in [2.05, 4.69) is 20.8 Å². The molecule has 3 aliphatic heterocycles. The van der Waals surface area contributed by atoms with Crippen LogP contribution in [0.2, 0.25) is 0 Å². The molecule has 3 heterocycles. The summed E-state index contributed by atoms with van der Waals surface area (Å²) in [6, 6.07) is 0. The number of rotatable bonds is 4. The number of hydrogen-bond acceptors (Lipinski definition) is 11. The maximum absolute atomic E-state index is 12.1. The van der Waals surface area contributed by atoms with Gasteiger partial charge in [0.25, 0.3) is 0 Å². The Balaban J connectivity index is 1.08. The van der Waals surface area contributed by atoms with Crippen molar-refractivity contribution in [1.29, 1.82) is 0 Å². The first-order chi connectivity index (χ1) is 20.9. The zero-order valence-electron chi connectivity index (χ0n) is 26.3. The Morgan fingerprint density at radius 1 is 0.886 bits per heavy atom. The highest BCUT2D eigenvalue weighted by Gasteiger charge is 2.73. The minimum Gasteiger partial charge on any atom is -0.394 e. The predicted octanol–water partition coefficient (Wildman–Crippen LogP) is 1.47. The molecular weight excluding hydrogens is 588 g/mol. The standard InChI is InChI=1S/C33H54O10S/c1-15-6-9-33(40-13-15)19(14-44)24-29(43-33)26(37)23-17-5-4-16-10-21(41-30-28(39)27(38)25(36)22(12-34)42-30)20(35)11-32(16,3)18(17)7-8-31(23,24)2/h15-30,34-39,44H,4-14H2,1-3H3/t15-,16+,17-,18+,19+,20-,21-,22-,23-,24+,25-,26+,27+,28-,29+,30-,31+,32+,33-/m0/s1. The molecular formula is C33H54O10S. The molecule has 0 bridgehead atoms. The molecule has 7 rings (SSSR count). The highest BCUT2D eigenvalue weighted by molar-refractivity contribution is 7.80. The van der Waals surface area contributed by atoms with Crippen molar-refractivity contribution in [1.82, 2.24) is 0 Å². The molecule has 4 aliphatic carbocycles. The normalized spacial score (nSPS) is 60.4. The van der Waals surface area contributed by atoms with Crippen LogP contribution in [0.25, 0.3) is 0 Å². The quantitative estimate of drug-likeness (QED) is 0.177. The van der Waals surface area contributed by atoms with Crippen molar-refractivity contribution in [3.8, 4) is 0 Å². The number of fused-ring (bicyclic) bond motifs is 7. The van der Waals surface area contributed by atoms with E-state index in [0.29, 0.717) is 43.0 Å². The molecule has 11 heteroatoms. The van der Waals surface area contributed by atoms with E-state index >= 15 is 0 Å². The average molecular weight is 643 g/mol. The van der Waals surface area contributed by atoms with Gasteiger partial charge in [-0.2, -0.15) is 12.6 Å². The number of aliphatic hydroxyl groups excluding tert-OH is 6. The van der Waals surface area contributed by atoms with Crippen LogP contribution in [0.4, 0.5) is 0 Å². The van der Waals surface area contributed by atoms with E-state index in [1.807, 2.05) is 0 Å². The Morgan fingerprint density at radius 3 is 2.34 bits per heavy atom. The molecule has 0 aromatic rings. The van der Waals surface area contributed by atoms with Crippen molar-refractivity contribution in [3.05, 3.63) is 0 Å². The summed E-state index contributed by atoms with van der Waals surface area (Å²) in [4.78, 5) is 0. The first-order valence-electron chi connectivity index (χ1n) is 17.1. The van der Waals surface area contributed by atoms with Gasteiger partial charge in [-0.05, 0) is 91.1 Å². The lowest BCUT2D eigenvalue weighted by Gasteiger charge is -2.62. The molecule has 19 atom stereocenters. The van der Waals surface area contributed by atoms with Crippen molar-refractivity contribution in [3.63, 3.8) is 0 Å². The van der Waals surface area contributed by atoms with Gasteiger partial charge in [0.1, 0.15) is 24.4 Å². The first-order valence-corrected chi connectivity index (χ1v) is 17.8. The Hall–Kier alpha value is -0.0500. The van der Waals surface area contributed by atoms with E-state index in [9.17, 15) is 30.6 Å². The zero-order chi connectivity index (χ0) is 31.3. The van der Waals surface area contributed by atoms with Crippen molar-refractivity contribution in [2.75, 3.05) is 19.0 Å². The fourth-order valence-corrected chi connectivity index (χ4v) is 12.3. The minimum absolute atomic E-state index is 0.0696. The third kappa shape index (κ3) is 4.65. The highest BCUT2D eigenvalue weighted by atomic mass is 32.1. The molecule has 44 heavy (non-hydrogen) atoms. The molecule has 0 amide bonds. The number of hydrogen-bond donors (Lipinski definition) is 7. The van der Waals surface area contributed by atoms with Gasteiger partial charge in [0.2, 0.25) is 0 Å². The molecule has 10 nitrogen and oxygen atoms in total. The SMILES string of the molecule is C[C@H]1CC[C@]2(OC1)O[C@H]1[C@H](O)[C@@H]3[C@H]4CC[C@@H]5C[C@H](O[C@H]6O[C@@H](CO)[C@H](O)[C@@H](O)[C@@H]6O)[C@@H](O)C[C@@]5(C)[C@@H]4CC[C@@]3(C)[C@@H]1[C@H]2CS. The van der Waals surface area contributed by atoms with Crippen LogP contribution in [0, 0.1) is 52.3 Å². The summed E-state index contributed by atoms with van der Waals surface area (Å²) in [6.07, 6.45) is -1.93. The van der Waals surface area contributed by atoms with Crippen LogP contribution < -0.4 is 0 Å². The van der Waals surface area contributed by atoms with Crippen LogP contribution in [0.3, 0.4) is 0 Å². The lowest BCUT2D eigenvalue weighted by atomic mass is 9.44. The molecule has 4 saturated carbocycles. The van der Waals surface area contributed by atoms with E-state index in [1.54, 1.807) is 0 Å². The largest absolute Gasteiger partial charge is 0.394 e. The molecule has 3 saturated heterocycles. The topological polar surface area (TPSA) is 158 Å². The average Bonchev–Trinajstić information content (AvgIpc) is 3.43. The zero-order valence-corrected chi connectivity index (χ0v) is 27.2. The predicted molar refractivity (Wildman–Crippen MR) is 161 cm³/mol. The summed E-state index contributed by atoms with van der Waals surface area (Å²) in [5.74, 6) is 2.00. The summed E-state index contributed by atoms with van der Waals surface area (Å²) < 4.78 is 25.0. The van der Waals surface area contributed by atoms with Crippen LogP contribution in [0.1, 0.15) is 72.1 Å². The van der Waals surface area contributed by atoms with Crippen LogP contribution in [-0.4, -0.2) is 111 Å². The fourth-order valence-electron chi connectivity index (χ4n) is 11.8. The van der Waals surface area contributed by atoms with Crippen LogP contribution in [-0.2, 0) is 18.9 Å². The van der Waals surface area contributed by atoms with E-state index in [1.165, 1.54) is 0 Å². The summed E-state index contributed by atoms with van der Waals surface area (Å²) in [5.41, 5.74) is -0.205. The molecule has 252 valence electrons. The molecule has 6 N–H and O–H groups in total. The second kappa shape index (κ2) is 11.5. The van der Waals surface area contributed by atoms with E-state index in [-0.39, 0.29) is 40.6 Å². The minimum atomic E-state index is -1.52. The van der Waals surface area contributed by atoms with Gasteiger partial charge in [0, 0.05) is 18.3 Å². The van der Waals surface area contributed by atoms with E-state index in [4.69, 9.17) is 31.6 Å². The van der Waals surface area contributed by atoms with Crippen molar-refractivity contribution in [2.45, 2.75) is 133 Å². The number of aliphatic hydroxyl groups is 6. The van der Waals surface area contributed by atoms with Gasteiger partial charge in [-0.15, -0.1) is 0 Å². The molecule has 0 aromatic heterocycles. The van der Waals surface area contributed by atoms with Crippen LogP contribution >= 0.6 is 12.6 Å². The Kier molecular flexibility index (Phi) is 8.52. The fraction of sp³-hybridized carbons (Fsp3) is 1.00. The van der Waals surface area contributed by atoms with Gasteiger partial charge in [0.15, 0.2) is 12.1 Å². The summed E-state index contributed by atoms with van der Waals surface area (Å²) in [5, 5.41) is 64.0. The third-order valence-electron chi connectivity index (χ3n) is 14.1. The number of ether oxygens (including phenoxy) is 4. The number of thiol groups is 1. The Morgan fingerprint density at radius 2 is 1.66 bits per heavy atom. The maximum atomic E-state index is 12.1. The van der Waals surface area contributed by atoms with Crippen LogP contribution in [0.15, 0.2) is 0 Å². The molecule has 7 fully saturated rings. The highest BCUT2D eigenvalue weighted by Crippen LogP contribution is 2.71. The van der Waals surface area contributed by atoms with Gasteiger partial charge in [-0.25, -0.2) is 0 Å². The molecule has 0 unspecified atom stereocenters. The van der Waals surface area contributed by atoms with Gasteiger partial charge >= 0.3 is 0 Å². The van der Waals surface area contributed by atoms with Gasteiger partial charge in [0.05, 0.1) is 37.6 Å². The van der Waals surface area contributed by atoms with Gasteiger partial charge < -0.3 is 49.6 Å². The Labute approximate surface area is 266 Å². The molecule has 1 spiro atoms. The molecule has 7 aliphatic rings. The van der Waals surface area contributed by atoms with Crippen LogP contribution in [0.5, 0.6) is 0 Å². The lowest BCUT2D eigenvalue weighted by Crippen LogP contribution is -2.62. The summed E-state index contributed by atoms with van der Waals surface area (Å²) in [6.45, 7) is 7.08. The Bertz CT molecular complexity index is 1060. The summed E-state index contributed by atoms with van der Waals surface area (Å²) in [7, 11) is 0. The summed E-state index contributed by atoms with van der Waals surface area (Å²) >= 11 is 4.84. The third-order valence-corrected chi connectivity index (χ3v) is 14.5. The molecule has 0 aromatic carbocycles. The first kappa shape index (κ1) is 32.5. The van der Waals surface area contributed by atoms with Gasteiger partial charge in [-0.3, -0.25) is 0 Å². The second-order valence-electron chi connectivity index (χ2n) is 16.2. The maximum Gasteiger partial charge on any atom is 0.187 e. The second-order valence-corrected chi connectivity index (χ2v) is 16.5.